The summed E-state index contributed by atoms with van der Waals surface area (Å²) in [6, 6.07) is 36.8. The number of amides is 3. The van der Waals surface area contributed by atoms with Crippen molar-refractivity contribution in [3.63, 3.8) is 0 Å². The molecule has 3 N–H and O–H groups in total. The van der Waals surface area contributed by atoms with Crippen molar-refractivity contribution in [1.82, 2.24) is 0 Å². The molecule has 0 radical (unpaired) electrons. The maximum Gasteiger partial charge on any atom is 0.238 e. The summed E-state index contributed by atoms with van der Waals surface area (Å²) in [4.78, 5) is 56.1. The van der Waals surface area contributed by atoms with Gasteiger partial charge in [-0.2, -0.15) is 0 Å². The van der Waals surface area contributed by atoms with Gasteiger partial charge in [0.25, 0.3) is 0 Å². The first-order chi connectivity index (χ1) is 21.5. The average molecular weight is 582 g/mol. The van der Waals surface area contributed by atoms with Gasteiger partial charge in [0.05, 0.1) is 17.6 Å². The van der Waals surface area contributed by atoms with Crippen LogP contribution in [0.1, 0.15) is 11.5 Å². The molecule has 6 aromatic rings. The molecule has 0 aliphatic carbocycles. The summed E-state index contributed by atoms with van der Waals surface area (Å²) in [6.07, 6.45) is 1.16. The average Bonchev–Trinajstić information content (AvgIpc) is 3.05. The molecule has 3 amide bonds. The molecular formula is C36H27N3O5. The Kier molecular flexibility index (Phi) is 7.96. The second-order valence-corrected chi connectivity index (χ2v) is 10.2. The summed E-state index contributed by atoms with van der Waals surface area (Å²) in [7, 11) is 0. The van der Waals surface area contributed by atoms with Gasteiger partial charge in [-0.25, -0.2) is 0 Å². The number of benzene rings is 5. The maximum atomic E-state index is 14.2. The second-order valence-electron chi connectivity index (χ2n) is 10.2. The summed E-state index contributed by atoms with van der Waals surface area (Å²) in [6.45, 7) is 0. The molecule has 1 atom stereocenters. The normalized spacial score (nSPS) is 11.7. The van der Waals surface area contributed by atoms with Crippen LogP contribution in [-0.2, 0) is 14.4 Å². The summed E-state index contributed by atoms with van der Waals surface area (Å²) in [5.41, 5.74) is 0.959. The van der Waals surface area contributed by atoms with Gasteiger partial charge < -0.3 is 20.4 Å². The van der Waals surface area contributed by atoms with Gasteiger partial charge in [-0.1, -0.05) is 78.9 Å². The molecule has 0 saturated carbocycles. The van der Waals surface area contributed by atoms with E-state index >= 15 is 0 Å². The Labute approximate surface area is 252 Å². The van der Waals surface area contributed by atoms with Crippen LogP contribution in [0.15, 0.2) is 143 Å². The van der Waals surface area contributed by atoms with Crippen LogP contribution in [0.25, 0.3) is 21.7 Å². The van der Waals surface area contributed by atoms with Crippen molar-refractivity contribution >= 4 is 56.5 Å². The van der Waals surface area contributed by atoms with E-state index in [1.54, 1.807) is 97.1 Å². The van der Waals surface area contributed by atoms with Crippen molar-refractivity contribution in [2.24, 2.45) is 5.92 Å². The lowest BCUT2D eigenvalue weighted by molar-refractivity contribution is -0.134. The molecule has 216 valence electrons. The van der Waals surface area contributed by atoms with Crippen LogP contribution in [0.5, 0.6) is 0 Å². The van der Waals surface area contributed by atoms with Crippen molar-refractivity contribution < 1.29 is 18.8 Å². The third kappa shape index (κ3) is 5.96. The van der Waals surface area contributed by atoms with E-state index in [4.69, 9.17) is 4.42 Å². The van der Waals surface area contributed by atoms with Gasteiger partial charge in [-0.05, 0) is 59.3 Å². The second kappa shape index (κ2) is 12.5. The van der Waals surface area contributed by atoms with Crippen LogP contribution < -0.4 is 21.4 Å². The molecule has 44 heavy (non-hydrogen) atoms. The Morgan fingerprint density at radius 1 is 0.545 bits per heavy atom. The molecule has 5 aromatic carbocycles. The van der Waals surface area contributed by atoms with E-state index in [0.717, 1.165) is 17.0 Å². The van der Waals surface area contributed by atoms with E-state index in [2.05, 4.69) is 16.0 Å². The molecule has 0 bridgehead atoms. The van der Waals surface area contributed by atoms with E-state index in [9.17, 15) is 19.2 Å². The summed E-state index contributed by atoms with van der Waals surface area (Å²) in [5, 5.41) is 10.4. The lowest BCUT2D eigenvalue weighted by Crippen LogP contribution is -2.44. The van der Waals surface area contributed by atoms with Crippen LogP contribution in [0.3, 0.4) is 0 Å². The molecule has 1 heterocycles. The van der Waals surface area contributed by atoms with Gasteiger partial charge in [0.15, 0.2) is 5.43 Å². The van der Waals surface area contributed by atoms with Crippen LogP contribution >= 0.6 is 0 Å². The van der Waals surface area contributed by atoms with E-state index in [-0.39, 0.29) is 10.9 Å². The Hall–Kier alpha value is -6.02. The van der Waals surface area contributed by atoms with Crippen LogP contribution in [0, 0.1) is 5.92 Å². The van der Waals surface area contributed by atoms with Crippen molar-refractivity contribution in [3.05, 3.63) is 149 Å². The number of carbonyl (C=O) groups excluding carboxylic acids is 3. The lowest BCUT2D eigenvalue weighted by atomic mass is 9.83. The van der Waals surface area contributed by atoms with Crippen molar-refractivity contribution in [3.8, 4) is 0 Å². The smallest absolute Gasteiger partial charge is 0.238 e. The highest BCUT2D eigenvalue weighted by molar-refractivity contribution is 6.15. The van der Waals surface area contributed by atoms with Gasteiger partial charge in [-0.3, -0.25) is 19.2 Å². The highest BCUT2D eigenvalue weighted by Crippen LogP contribution is 2.30. The number of hydrogen-bond donors (Lipinski definition) is 3. The number of para-hydroxylation sites is 3. The van der Waals surface area contributed by atoms with Gasteiger partial charge in [0.2, 0.25) is 17.7 Å². The third-order valence-electron chi connectivity index (χ3n) is 7.32. The van der Waals surface area contributed by atoms with Crippen molar-refractivity contribution in [1.29, 1.82) is 0 Å². The van der Waals surface area contributed by atoms with Crippen LogP contribution in [0.2, 0.25) is 0 Å². The van der Waals surface area contributed by atoms with Crippen molar-refractivity contribution in [2.45, 2.75) is 5.92 Å². The fourth-order valence-electron chi connectivity index (χ4n) is 5.17. The minimum absolute atomic E-state index is 0.126. The summed E-state index contributed by atoms with van der Waals surface area (Å²) in [5.74, 6) is -5.49. The molecular weight excluding hydrogens is 554 g/mol. The highest BCUT2D eigenvalue weighted by Gasteiger charge is 2.42. The standard InChI is InChI=1S/C36H27N3O5/c40-33-28-17-9-10-18-30(28)44-22-29(33)31(34(41)39-27-20-19-23-11-7-8-12-24(23)21-27)32(35(42)37-25-13-3-1-4-14-25)36(43)38-26-15-5-2-6-16-26/h1-22,31-32H,(H,37,42)(H,38,43)(H,39,41). The predicted molar refractivity (Wildman–Crippen MR) is 171 cm³/mol. The first kappa shape index (κ1) is 28.1. The molecule has 1 aromatic heterocycles. The zero-order valence-electron chi connectivity index (χ0n) is 23.4. The number of anilines is 3. The number of fused-ring (bicyclic) bond motifs is 2. The van der Waals surface area contributed by atoms with E-state index < -0.39 is 35.0 Å². The quantitative estimate of drug-likeness (QED) is 0.176. The van der Waals surface area contributed by atoms with Gasteiger partial charge in [0, 0.05) is 22.6 Å². The van der Waals surface area contributed by atoms with Gasteiger partial charge >= 0.3 is 0 Å². The van der Waals surface area contributed by atoms with Crippen molar-refractivity contribution in [2.75, 3.05) is 16.0 Å². The first-order valence-electron chi connectivity index (χ1n) is 14.0. The third-order valence-corrected chi connectivity index (χ3v) is 7.32. The van der Waals surface area contributed by atoms with E-state index in [0.29, 0.717) is 22.6 Å². The van der Waals surface area contributed by atoms with E-state index in [1.165, 1.54) is 0 Å². The first-order valence-corrected chi connectivity index (χ1v) is 14.0. The zero-order valence-corrected chi connectivity index (χ0v) is 23.4. The van der Waals surface area contributed by atoms with Crippen LogP contribution in [-0.4, -0.2) is 17.7 Å². The zero-order chi connectivity index (χ0) is 30.5. The Morgan fingerprint density at radius 3 is 1.75 bits per heavy atom. The molecule has 6 rings (SSSR count). The molecule has 0 spiro atoms. The topological polar surface area (TPSA) is 118 Å². The Morgan fingerprint density at radius 2 is 1.09 bits per heavy atom. The SMILES string of the molecule is O=C(Nc1ccccc1)C(C(=O)Nc1ccccc1)C(C(=O)Nc1ccc2ccccc2c1)c1coc2ccccc2c1=O. The largest absolute Gasteiger partial charge is 0.464 e. The number of nitrogens with one attached hydrogen (secondary N) is 3. The minimum Gasteiger partial charge on any atom is -0.464 e. The summed E-state index contributed by atoms with van der Waals surface area (Å²) < 4.78 is 5.77. The number of rotatable bonds is 8. The maximum absolute atomic E-state index is 14.2. The molecule has 0 fully saturated rings. The molecule has 0 saturated heterocycles. The molecule has 0 aliphatic heterocycles. The Bertz CT molecular complexity index is 1990. The molecule has 1 unspecified atom stereocenters. The van der Waals surface area contributed by atoms with E-state index in [1.807, 2.05) is 30.3 Å². The highest BCUT2D eigenvalue weighted by atomic mass is 16.3. The summed E-state index contributed by atoms with van der Waals surface area (Å²) >= 11 is 0. The predicted octanol–water partition coefficient (Wildman–Crippen LogP) is 6.56. The lowest BCUT2D eigenvalue weighted by Gasteiger charge is -2.25. The van der Waals surface area contributed by atoms with Gasteiger partial charge in [0.1, 0.15) is 11.5 Å². The fraction of sp³-hybridized carbons (Fsp3) is 0.0556. The fourth-order valence-corrected chi connectivity index (χ4v) is 5.17. The number of hydrogen-bond acceptors (Lipinski definition) is 5. The molecule has 8 nitrogen and oxygen atoms in total. The monoisotopic (exact) mass is 581 g/mol. The van der Waals surface area contributed by atoms with Gasteiger partial charge in [-0.15, -0.1) is 0 Å². The van der Waals surface area contributed by atoms with Crippen LogP contribution in [0.4, 0.5) is 17.1 Å². The minimum atomic E-state index is -1.67. The Balaban J connectivity index is 1.47. The molecule has 0 aliphatic rings. The number of carbonyl (C=O) groups is 3. The molecule has 8 heteroatoms.